The summed E-state index contributed by atoms with van der Waals surface area (Å²) in [5.74, 6) is 0.486. The van der Waals surface area contributed by atoms with Crippen LogP contribution in [0.25, 0.3) is 10.9 Å². The lowest BCUT2D eigenvalue weighted by molar-refractivity contribution is -0.119. The van der Waals surface area contributed by atoms with Gasteiger partial charge in [-0.05, 0) is 38.0 Å². The summed E-state index contributed by atoms with van der Waals surface area (Å²) < 4.78 is 5.05. The maximum atomic E-state index is 12.1. The molecule has 1 amide bonds. The van der Waals surface area contributed by atoms with E-state index in [1.54, 1.807) is 7.11 Å². The molecule has 5 heteroatoms. The number of para-hydroxylation sites is 2. The molecular formula is C23H31N3O2. The third kappa shape index (κ3) is 5.92. The van der Waals surface area contributed by atoms with Crippen molar-refractivity contribution in [3.05, 3.63) is 60.3 Å². The predicted molar refractivity (Wildman–Crippen MR) is 116 cm³/mol. The molecule has 28 heavy (non-hydrogen) atoms. The maximum Gasteiger partial charge on any atom is 0.230 e. The highest BCUT2D eigenvalue weighted by atomic mass is 16.5. The lowest BCUT2D eigenvalue weighted by Crippen LogP contribution is -2.34. The van der Waals surface area contributed by atoms with Crippen molar-refractivity contribution in [3.63, 3.8) is 0 Å². The van der Waals surface area contributed by atoms with E-state index < -0.39 is 0 Å². The highest BCUT2D eigenvalue weighted by Gasteiger charge is 2.33. The Morgan fingerprint density at radius 2 is 1.75 bits per heavy atom. The van der Waals surface area contributed by atoms with Gasteiger partial charge in [-0.2, -0.15) is 5.10 Å². The van der Waals surface area contributed by atoms with Crippen molar-refractivity contribution in [2.24, 2.45) is 5.92 Å². The monoisotopic (exact) mass is 381 g/mol. The topological polar surface area (TPSA) is 58.2 Å². The zero-order chi connectivity index (χ0) is 20.4. The van der Waals surface area contributed by atoms with Gasteiger partial charge >= 0.3 is 0 Å². The highest BCUT2D eigenvalue weighted by Crippen LogP contribution is 2.32. The number of ether oxygens (including phenoxy) is 1. The number of benzene rings is 2. The van der Waals surface area contributed by atoms with Crippen LogP contribution in [-0.2, 0) is 9.53 Å². The molecule has 1 aliphatic carbocycles. The number of methoxy groups -OCH3 is 1. The van der Waals surface area contributed by atoms with E-state index in [4.69, 9.17) is 4.74 Å². The van der Waals surface area contributed by atoms with Gasteiger partial charge in [0.05, 0.1) is 12.1 Å². The van der Waals surface area contributed by atoms with Crippen LogP contribution in [0.3, 0.4) is 0 Å². The number of amides is 1. The van der Waals surface area contributed by atoms with Gasteiger partial charge in [0, 0.05) is 36.3 Å². The van der Waals surface area contributed by atoms with Crippen molar-refractivity contribution in [1.29, 1.82) is 0 Å². The Bertz CT molecular complexity index is 841. The molecule has 0 radical (unpaired) electrons. The molecule has 4 rings (SSSR count). The van der Waals surface area contributed by atoms with Crippen molar-refractivity contribution < 1.29 is 9.53 Å². The molecule has 0 spiro atoms. The Balaban J connectivity index is 0.000000200. The number of fused-ring (bicyclic) bond motifs is 1. The van der Waals surface area contributed by atoms with E-state index in [9.17, 15) is 4.79 Å². The van der Waals surface area contributed by atoms with E-state index in [0.717, 1.165) is 29.7 Å². The number of rotatable bonds is 5. The molecule has 2 aromatic carbocycles. The van der Waals surface area contributed by atoms with Gasteiger partial charge in [-0.3, -0.25) is 9.89 Å². The average molecular weight is 382 g/mol. The van der Waals surface area contributed by atoms with Crippen LogP contribution < -0.4 is 4.90 Å². The van der Waals surface area contributed by atoms with E-state index in [-0.39, 0.29) is 11.8 Å². The Labute approximate surface area is 167 Å². The minimum absolute atomic E-state index is 0.239. The molecular weight excluding hydrogens is 350 g/mol. The summed E-state index contributed by atoms with van der Waals surface area (Å²) in [6, 6.07) is 17.9. The molecule has 0 atom stereocenters. The molecule has 1 aromatic heterocycles. The standard InChI is InChI=1S/C13H17NO2.C8H8N2.C2H6/c1-16-10-9-14(13(15)11-7-8-11)12-5-3-2-4-6-12;1-6-7-4-2-3-5-8(7)10-9-6;1-2/h2-6,11H,7-10H2,1H3;2-5H,1H3,(H,9,10);1-2H3. The number of nitrogens with one attached hydrogen (secondary N) is 1. The van der Waals surface area contributed by atoms with E-state index in [1.165, 1.54) is 5.39 Å². The maximum absolute atomic E-state index is 12.1. The van der Waals surface area contributed by atoms with Crippen LogP contribution >= 0.6 is 0 Å². The number of H-pyrrole nitrogens is 1. The number of aromatic nitrogens is 2. The molecule has 5 nitrogen and oxygen atoms in total. The first-order valence-electron chi connectivity index (χ1n) is 9.95. The van der Waals surface area contributed by atoms with Crippen LogP contribution in [0.5, 0.6) is 0 Å². The Morgan fingerprint density at radius 3 is 2.36 bits per heavy atom. The van der Waals surface area contributed by atoms with Gasteiger partial charge in [0.15, 0.2) is 0 Å². The average Bonchev–Trinajstić information content (AvgIpc) is 3.54. The smallest absolute Gasteiger partial charge is 0.230 e. The zero-order valence-electron chi connectivity index (χ0n) is 17.3. The van der Waals surface area contributed by atoms with Gasteiger partial charge in [-0.15, -0.1) is 0 Å². The van der Waals surface area contributed by atoms with Gasteiger partial charge in [0.25, 0.3) is 0 Å². The van der Waals surface area contributed by atoms with Gasteiger partial charge < -0.3 is 9.64 Å². The number of hydrogen-bond acceptors (Lipinski definition) is 3. The molecule has 150 valence electrons. The molecule has 0 saturated heterocycles. The summed E-state index contributed by atoms with van der Waals surface area (Å²) in [6.07, 6.45) is 2.07. The number of nitrogens with zero attached hydrogens (tertiary/aromatic N) is 2. The predicted octanol–water partition coefficient (Wildman–Crippen LogP) is 4.97. The van der Waals surface area contributed by atoms with E-state index in [0.29, 0.717) is 13.2 Å². The lowest BCUT2D eigenvalue weighted by atomic mass is 10.2. The van der Waals surface area contributed by atoms with E-state index >= 15 is 0 Å². The highest BCUT2D eigenvalue weighted by molar-refractivity contribution is 5.96. The number of aromatic amines is 1. The molecule has 1 N–H and O–H groups in total. The number of carbonyl (C=O) groups excluding carboxylic acids is 1. The molecule has 1 aliphatic rings. The Hall–Kier alpha value is -2.66. The summed E-state index contributed by atoms with van der Waals surface area (Å²) in [5.41, 5.74) is 3.15. The third-order valence-electron chi connectivity index (χ3n) is 4.43. The van der Waals surface area contributed by atoms with Crippen LogP contribution in [0.1, 0.15) is 32.4 Å². The summed E-state index contributed by atoms with van der Waals surface area (Å²) in [7, 11) is 1.66. The van der Waals surface area contributed by atoms with Crippen molar-refractivity contribution in [1.82, 2.24) is 10.2 Å². The summed E-state index contributed by atoms with van der Waals surface area (Å²) >= 11 is 0. The van der Waals surface area contributed by atoms with Crippen LogP contribution in [0.15, 0.2) is 54.6 Å². The number of aryl methyl sites for hydroxylation is 1. The van der Waals surface area contributed by atoms with Crippen LogP contribution in [0.4, 0.5) is 5.69 Å². The van der Waals surface area contributed by atoms with Crippen molar-refractivity contribution in [2.45, 2.75) is 33.6 Å². The van der Waals surface area contributed by atoms with Gasteiger partial charge in [-0.25, -0.2) is 0 Å². The number of carbonyl (C=O) groups is 1. The summed E-state index contributed by atoms with van der Waals surface area (Å²) in [5, 5.41) is 8.23. The molecule has 1 saturated carbocycles. The Kier molecular flexibility index (Phi) is 8.69. The van der Waals surface area contributed by atoms with Crippen molar-refractivity contribution in [3.8, 4) is 0 Å². The van der Waals surface area contributed by atoms with Gasteiger partial charge in [0.1, 0.15) is 0 Å². The van der Waals surface area contributed by atoms with E-state index in [1.807, 2.05) is 74.2 Å². The molecule has 1 fully saturated rings. The fourth-order valence-electron chi connectivity index (χ4n) is 2.80. The Morgan fingerprint density at radius 1 is 1.11 bits per heavy atom. The van der Waals surface area contributed by atoms with Crippen molar-refractivity contribution >= 4 is 22.5 Å². The molecule has 1 heterocycles. The summed E-state index contributed by atoms with van der Waals surface area (Å²) in [4.78, 5) is 13.9. The second-order valence-electron chi connectivity index (χ2n) is 6.46. The first-order valence-corrected chi connectivity index (χ1v) is 9.95. The van der Waals surface area contributed by atoms with E-state index in [2.05, 4.69) is 16.3 Å². The van der Waals surface area contributed by atoms with Crippen LogP contribution in [0.2, 0.25) is 0 Å². The fraction of sp³-hybridized carbons (Fsp3) is 0.391. The second kappa shape index (κ2) is 11.2. The van der Waals surface area contributed by atoms with Gasteiger partial charge in [0.2, 0.25) is 5.91 Å². The largest absolute Gasteiger partial charge is 0.383 e. The second-order valence-corrected chi connectivity index (χ2v) is 6.46. The van der Waals surface area contributed by atoms with Crippen molar-refractivity contribution in [2.75, 3.05) is 25.2 Å². The van der Waals surface area contributed by atoms with Gasteiger partial charge in [-0.1, -0.05) is 50.2 Å². The number of anilines is 1. The molecule has 0 unspecified atom stereocenters. The summed E-state index contributed by atoms with van der Waals surface area (Å²) in [6.45, 7) is 7.23. The molecule has 0 aliphatic heterocycles. The molecule has 3 aromatic rings. The quantitative estimate of drug-likeness (QED) is 0.678. The first kappa shape index (κ1) is 21.6. The minimum atomic E-state index is 0.239. The van der Waals surface area contributed by atoms with Crippen LogP contribution in [-0.4, -0.2) is 36.4 Å². The minimum Gasteiger partial charge on any atom is -0.383 e. The zero-order valence-corrected chi connectivity index (χ0v) is 17.3. The first-order chi connectivity index (χ1) is 13.7. The lowest BCUT2D eigenvalue weighted by Gasteiger charge is -2.22. The third-order valence-corrected chi connectivity index (χ3v) is 4.43. The fourth-order valence-corrected chi connectivity index (χ4v) is 2.80. The normalized spacial score (nSPS) is 12.4. The molecule has 0 bridgehead atoms. The number of hydrogen-bond donors (Lipinski definition) is 1. The SMILES string of the molecule is CC.COCCN(C(=O)C1CC1)c1ccccc1.Cc1[nH]nc2ccccc12. The van der Waals surface area contributed by atoms with Crippen LogP contribution in [0, 0.1) is 12.8 Å².